The van der Waals surface area contributed by atoms with Crippen LogP contribution in [0.3, 0.4) is 0 Å². The second-order valence-electron chi connectivity index (χ2n) is 7.18. The Labute approximate surface area is 209 Å². The second-order valence-corrected chi connectivity index (χ2v) is 8.00. The Balaban J connectivity index is 1.88. The van der Waals surface area contributed by atoms with Gasteiger partial charge in [-0.3, -0.25) is 4.79 Å². The number of hydrogen-bond donors (Lipinski definition) is 0. The number of halogens is 2. The summed E-state index contributed by atoms with van der Waals surface area (Å²) < 4.78 is 16.2. The Morgan fingerprint density at radius 3 is 2.00 bits per heavy atom. The van der Waals surface area contributed by atoms with Crippen LogP contribution in [-0.4, -0.2) is 27.1 Å². The minimum Gasteiger partial charge on any atom is -0.497 e. The summed E-state index contributed by atoms with van der Waals surface area (Å²) in [6.07, 6.45) is 10.3. The zero-order valence-corrected chi connectivity index (χ0v) is 20.6. The molecule has 0 radical (unpaired) electrons. The predicted molar refractivity (Wildman–Crippen MR) is 141 cm³/mol. The third-order valence-corrected chi connectivity index (χ3v) is 5.71. The molecule has 0 amide bonds. The van der Waals surface area contributed by atoms with Gasteiger partial charge in [-0.25, -0.2) is 0 Å². The number of benzene rings is 3. The number of ether oxygens (including phenoxy) is 3. The van der Waals surface area contributed by atoms with E-state index in [4.69, 9.17) is 37.4 Å². The zero-order valence-electron chi connectivity index (χ0n) is 19.0. The fourth-order valence-corrected chi connectivity index (χ4v) is 3.45. The van der Waals surface area contributed by atoms with Crippen LogP contribution in [0.25, 0.3) is 24.3 Å². The molecule has 0 bridgehead atoms. The van der Waals surface area contributed by atoms with Crippen molar-refractivity contribution < 1.29 is 19.0 Å². The van der Waals surface area contributed by atoms with E-state index in [0.717, 1.165) is 28.0 Å². The highest BCUT2D eigenvalue weighted by atomic mass is 35.5. The van der Waals surface area contributed by atoms with Crippen molar-refractivity contribution in [2.45, 2.75) is 0 Å². The highest BCUT2D eigenvalue weighted by Crippen LogP contribution is 2.31. The summed E-state index contributed by atoms with van der Waals surface area (Å²) in [5.74, 6) is 1.84. The van der Waals surface area contributed by atoms with Gasteiger partial charge in [0.05, 0.1) is 31.4 Å². The summed E-state index contributed by atoms with van der Waals surface area (Å²) >= 11 is 12.0. The molecular formula is C28H24Cl2O4. The summed E-state index contributed by atoms with van der Waals surface area (Å²) in [6.45, 7) is 0. The molecule has 0 aliphatic rings. The summed E-state index contributed by atoms with van der Waals surface area (Å²) in [6, 6.07) is 16.5. The Kier molecular flexibility index (Phi) is 8.97. The van der Waals surface area contributed by atoms with E-state index in [2.05, 4.69) is 0 Å². The van der Waals surface area contributed by atoms with Crippen LogP contribution in [0.5, 0.6) is 17.2 Å². The molecule has 3 rings (SSSR count). The Morgan fingerprint density at radius 2 is 1.35 bits per heavy atom. The molecule has 0 saturated heterocycles. The highest BCUT2D eigenvalue weighted by Gasteiger charge is 2.09. The predicted octanol–water partition coefficient (Wildman–Crippen LogP) is 7.49. The number of ketones is 1. The number of carbonyl (C=O) groups excluding carboxylic acids is 1. The molecule has 6 heteroatoms. The Morgan fingerprint density at radius 1 is 0.676 bits per heavy atom. The SMILES string of the molecule is COc1ccc(/C=C/c2cc(OC)cc(OC)c2/C=C/C(=O)/C=C/c2ccc(Cl)c(Cl)c2)cc1. The topological polar surface area (TPSA) is 44.8 Å². The normalized spacial score (nSPS) is 11.4. The first kappa shape index (κ1) is 25.2. The molecule has 4 nitrogen and oxygen atoms in total. The standard InChI is InChI=1S/C28H24Cl2O4/c1-32-23-12-6-19(7-13-23)4-9-21-17-24(33-2)18-28(34-3)25(21)14-11-22(31)10-5-20-8-15-26(29)27(30)16-20/h4-18H,1-3H3/b9-4+,10-5+,14-11+. The van der Waals surface area contributed by atoms with E-state index in [1.165, 1.54) is 12.2 Å². The molecule has 0 unspecified atom stereocenters. The van der Waals surface area contributed by atoms with E-state index in [1.54, 1.807) is 57.7 Å². The fraction of sp³-hybridized carbons (Fsp3) is 0.107. The molecule has 3 aromatic rings. The van der Waals surface area contributed by atoms with Crippen LogP contribution in [0, 0.1) is 0 Å². The molecule has 34 heavy (non-hydrogen) atoms. The van der Waals surface area contributed by atoms with E-state index in [-0.39, 0.29) is 5.78 Å². The van der Waals surface area contributed by atoms with Crippen molar-refractivity contribution in [3.8, 4) is 17.2 Å². The molecule has 0 saturated carbocycles. The van der Waals surface area contributed by atoms with Crippen LogP contribution >= 0.6 is 23.2 Å². The van der Waals surface area contributed by atoms with Gasteiger partial charge >= 0.3 is 0 Å². The molecule has 0 atom stereocenters. The van der Waals surface area contributed by atoms with E-state index < -0.39 is 0 Å². The van der Waals surface area contributed by atoms with Gasteiger partial charge in [-0.2, -0.15) is 0 Å². The average Bonchev–Trinajstić information content (AvgIpc) is 2.86. The molecular weight excluding hydrogens is 471 g/mol. The minimum absolute atomic E-state index is 0.186. The number of rotatable bonds is 9. The van der Waals surface area contributed by atoms with Gasteiger partial charge in [-0.15, -0.1) is 0 Å². The van der Waals surface area contributed by atoms with E-state index >= 15 is 0 Å². The van der Waals surface area contributed by atoms with Crippen molar-refractivity contribution in [2.75, 3.05) is 21.3 Å². The molecule has 174 valence electrons. The van der Waals surface area contributed by atoms with Gasteiger partial charge in [-0.05, 0) is 65.3 Å². The smallest absolute Gasteiger partial charge is 0.178 e. The van der Waals surface area contributed by atoms with Crippen molar-refractivity contribution in [3.05, 3.63) is 99.0 Å². The monoisotopic (exact) mass is 494 g/mol. The van der Waals surface area contributed by atoms with Gasteiger partial charge in [-0.1, -0.05) is 59.6 Å². The molecule has 0 spiro atoms. The lowest BCUT2D eigenvalue weighted by Gasteiger charge is -2.11. The average molecular weight is 495 g/mol. The highest BCUT2D eigenvalue weighted by molar-refractivity contribution is 6.42. The van der Waals surface area contributed by atoms with E-state index in [9.17, 15) is 4.79 Å². The van der Waals surface area contributed by atoms with Gasteiger partial charge in [0.1, 0.15) is 17.2 Å². The van der Waals surface area contributed by atoms with Gasteiger partial charge < -0.3 is 14.2 Å². The molecule has 0 aliphatic carbocycles. The van der Waals surface area contributed by atoms with Crippen LogP contribution in [-0.2, 0) is 4.79 Å². The first-order valence-electron chi connectivity index (χ1n) is 10.4. The van der Waals surface area contributed by atoms with Crippen molar-refractivity contribution in [2.24, 2.45) is 0 Å². The van der Waals surface area contributed by atoms with Gasteiger partial charge in [0.25, 0.3) is 0 Å². The Bertz CT molecular complexity index is 1240. The first-order valence-corrected chi connectivity index (χ1v) is 11.1. The van der Waals surface area contributed by atoms with Crippen LogP contribution in [0.2, 0.25) is 10.0 Å². The second kappa shape index (κ2) is 12.1. The van der Waals surface area contributed by atoms with Crippen molar-refractivity contribution in [3.63, 3.8) is 0 Å². The molecule has 0 aromatic heterocycles. The zero-order chi connectivity index (χ0) is 24.5. The largest absolute Gasteiger partial charge is 0.497 e. The Hall–Kier alpha value is -3.47. The maximum absolute atomic E-state index is 12.5. The third kappa shape index (κ3) is 6.77. The van der Waals surface area contributed by atoms with E-state index in [1.807, 2.05) is 42.5 Å². The third-order valence-electron chi connectivity index (χ3n) is 4.97. The lowest BCUT2D eigenvalue weighted by Crippen LogP contribution is -1.94. The first-order chi connectivity index (χ1) is 16.4. The summed E-state index contributed by atoms with van der Waals surface area (Å²) in [4.78, 5) is 12.5. The number of allylic oxidation sites excluding steroid dienone is 2. The number of hydrogen-bond acceptors (Lipinski definition) is 4. The van der Waals surface area contributed by atoms with Gasteiger partial charge in [0, 0.05) is 11.6 Å². The minimum atomic E-state index is -0.186. The maximum atomic E-state index is 12.5. The number of methoxy groups -OCH3 is 3. The molecule has 0 aliphatic heterocycles. The lowest BCUT2D eigenvalue weighted by molar-refractivity contribution is -0.110. The molecule has 0 fully saturated rings. The summed E-state index contributed by atoms with van der Waals surface area (Å²) in [5, 5.41) is 0.898. The van der Waals surface area contributed by atoms with Crippen molar-refractivity contribution in [1.29, 1.82) is 0 Å². The molecule has 3 aromatic carbocycles. The van der Waals surface area contributed by atoms with Crippen molar-refractivity contribution in [1.82, 2.24) is 0 Å². The molecule has 0 heterocycles. The van der Waals surface area contributed by atoms with Gasteiger partial charge in [0.15, 0.2) is 5.78 Å². The quantitative estimate of drug-likeness (QED) is 0.228. The van der Waals surface area contributed by atoms with Crippen LogP contribution in [0.4, 0.5) is 0 Å². The summed E-state index contributed by atoms with van der Waals surface area (Å²) in [7, 11) is 4.81. The van der Waals surface area contributed by atoms with Gasteiger partial charge in [0.2, 0.25) is 0 Å². The maximum Gasteiger partial charge on any atom is 0.178 e. The molecule has 0 N–H and O–H groups in total. The fourth-order valence-electron chi connectivity index (χ4n) is 3.14. The van der Waals surface area contributed by atoms with Crippen LogP contribution < -0.4 is 14.2 Å². The summed E-state index contributed by atoms with van der Waals surface area (Å²) in [5.41, 5.74) is 3.37. The van der Waals surface area contributed by atoms with E-state index in [0.29, 0.717) is 21.5 Å². The number of carbonyl (C=O) groups is 1. The van der Waals surface area contributed by atoms with Crippen LogP contribution in [0.15, 0.2) is 66.7 Å². The lowest BCUT2D eigenvalue weighted by atomic mass is 10.0. The van der Waals surface area contributed by atoms with Crippen LogP contribution in [0.1, 0.15) is 22.3 Å². The van der Waals surface area contributed by atoms with Crippen molar-refractivity contribution >= 4 is 53.3 Å².